The number of ether oxygens (including phenoxy) is 8. The lowest BCUT2D eigenvalue weighted by Gasteiger charge is -2.68. The van der Waals surface area contributed by atoms with Gasteiger partial charge >= 0.3 is 30.0 Å². The molecule has 4 fully saturated rings. The summed E-state index contributed by atoms with van der Waals surface area (Å²) in [5.41, 5.74) is -6.95. The molecule has 7 rings (SSSR count). The quantitative estimate of drug-likeness (QED) is 0.0441. The number of thiophene rings is 1. The number of benzene rings is 1. The molecule has 0 radical (unpaired) electrons. The number of fused-ring (bicyclic) bond motifs is 5. The normalized spacial score (nSPS) is 30.4. The molecule has 0 unspecified atom stereocenters. The van der Waals surface area contributed by atoms with E-state index >= 15 is 9.59 Å². The van der Waals surface area contributed by atoms with Crippen LogP contribution in [0.15, 0.2) is 59.0 Å². The molecule has 4 aliphatic carbocycles. The lowest BCUT2D eigenvalue weighted by molar-refractivity contribution is -0.344. The van der Waals surface area contributed by atoms with E-state index in [0.29, 0.717) is 41.4 Å². The van der Waals surface area contributed by atoms with Gasteiger partial charge in [0.05, 0.1) is 41.6 Å². The fourth-order valence-corrected chi connectivity index (χ4v) is 16.4. The van der Waals surface area contributed by atoms with Gasteiger partial charge in [0.25, 0.3) is 0 Å². The first kappa shape index (κ1) is 58.2. The van der Waals surface area contributed by atoms with Crippen LogP contribution in [0.5, 0.6) is 0 Å². The number of methoxy groups -OCH3 is 1. The summed E-state index contributed by atoms with van der Waals surface area (Å²) in [4.78, 5) is 89.4. The van der Waals surface area contributed by atoms with Crippen molar-refractivity contribution < 1.29 is 76.2 Å². The Morgan fingerprint density at radius 3 is 2.15 bits per heavy atom. The van der Waals surface area contributed by atoms with Crippen LogP contribution in [0.4, 0.5) is 4.79 Å². The van der Waals surface area contributed by atoms with E-state index < -0.39 is 139 Å². The molecule has 5 aliphatic rings. The minimum Gasteiger partial charge on any atom is -0.456 e. The fraction of sp³-hybridized carbons (Fsp3) is 0.679. The SMILES string of the molecule is CC[Si](CC)(CC)O[C@H]1C[C@H]2OC[C@@]2(OC(C)=O)[C@H]2[C@H](OC(=O)c3ccccc3)[C@]3(O)C[C@H](OC(=O)[C@H](OC(C)(C)OC)[C@@H](NC(=O)OC(C)C)c4cccs4)C(C)=C([C@@H](OC(=O)C4CCCC4)C(=O)[C@]12C)C3(C)C. The van der Waals surface area contributed by atoms with E-state index in [9.17, 15) is 24.3 Å². The minimum atomic E-state index is -2.67. The third kappa shape index (κ3) is 10.9. The minimum absolute atomic E-state index is 0.0901. The summed E-state index contributed by atoms with van der Waals surface area (Å²) < 4.78 is 57.9. The highest BCUT2D eigenvalue weighted by Gasteiger charge is 2.79. The molecule has 17 nitrogen and oxygen atoms in total. The number of amides is 1. The van der Waals surface area contributed by atoms with Crippen LogP contribution < -0.4 is 5.32 Å². The number of Topliss-reactive ketones (excluding diaryl/α,β-unsaturated/α-hetero) is 1. The van der Waals surface area contributed by atoms with Gasteiger partial charge in [0.15, 0.2) is 37.7 Å². The first-order valence-corrected chi connectivity index (χ1v) is 30.1. The van der Waals surface area contributed by atoms with E-state index in [-0.39, 0.29) is 24.2 Å². The molecule has 2 aromatic rings. The van der Waals surface area contributed by atoms with E-state index in [0.717, 1.165) is 12.8 Å². The Morgan fingerprint density at radius 1 is 0.947 bits per heavy atom. The molecule has 2 heterocycles. The lowest BCUT2D eigenvalue weighted by atomic mass is 9.44. The van der Waals surface area contributed by atoms with E-state index in [1.165, 1.54) is 25.4 Å². The zero-order valence-corrected chi connectivity index (χ0v) is 47.8. The van der Waals surface area contributed by atoms with Crippen molar-refractivity contribution in [1.82, 2.24) is 5.32 Å². The Hall–Kier alpha value is -4.50. The predicted octanol–water partition coefficient (Wildman–Crippen LogP) is 9.11. The highest BCUT2D eigenvalue weighted by atomic mass is 32.1. The van der Waals surface area contributed by atoms with Gasteiger partial charge in [-0.05, 0) is 107 Å². The van der Waals surface area contributed by atoms with E-state index in [4.69, 9.17) is 42.3 Å². The van der Waals surface area contributed by atoms with Crippen molar-refractivity contribution in [3.05, 3.63) is 69.4 Å². The molecule has 3 saturated carbocycles. The Morgan fingerprint density at radius 2 is 1.60 bits per heavy atom. The largest absolute Gasteiger partial charge is 0.456 e. The molecule has 0 spiro atoms. The number of hydrogen-bond donors (Lipinski definition) is 2. The van der Waals surface area contributed by atoms with E-state index in [1.54, 1.807) is 103 Å². The second kappa shape index (κ2) is 22.5. The van der Waals surface area contributed by atoms with Gasteiger partial charge in [0.1, 0.15) is 30.0 Å². The summed E-state index contributed by atoms with van der Waals surface area (Å²) >= 11 is 1.25. The Balaban J connectivity index is 1.50. The maximum Gasteiger partial charge on any atom is 0.408 e. The van der Waals surface area contributed by atoms with Gasteiger partial charge in [-0.25, -0.2) is 14.4 Å². The van der Waals surface area contributed by atoms with Crippen LogP contribution in [0.2, 0.25) is 18.1 Å². The van der Waals surface area contributed by atoms with Gasteiger partial charge in [0.2, 0.25) is 0 Å². The number of aliphatic hydroxyl groups is 1. The van der Waals surface area contributed by atoms with Crippen LogP contribution in [-0.4, -0.2) is 123 Å². The maximum atomic E-state index is 16.9. The smallest absolute Gasteiger partial charge is 0.408 e. The first-order chi connectivity index (χ1) is 35.3. The molecule has 2 N–H and O–H groups in total. The molecule has 11 atom stereocenters. The highest BCUT2D eigenvalue weighted by molar-refractivity contribution is 7.10. The molecule has 1 aromatic heterocycles. The summed E-state index contributed by atoms with van der Waals surface area (Å²) in [5.74, 6) is -7.15. The Bertz CT molecular complexity index is 2440. The van der Waals surface area contributed by atoms with Gasteiger partial charge in [-0.15, -0.1) is 11.3 Å². The third-order valence-electron chi connectivity index (χ3n) is 17.3. The van der Waals surface area contributed by atoms with Crippen LogP contribution in [0.3, 0.4) is 0 Å². The van der Waals surface area contributed by atoms with Crippen LogP contribution in [-0.2, 0) is 61.5 Å². The number of alkyl carbamates (subject to hydrolysis) is 1. The fourth-order valence-electron chi connectivity index (χ4n) is 12.6. The summed E-state index contributed by atoms with van der Waals surface area (Å²) in [6, 6.07) is 12.5. The monoisotopic (exact) mass is 1080 g/mol. The molecule has 2 bridgehead atoms. The summed E-state index contributed by atoms with van der Waals surface area (Å²) in [6.07, 6.45) is -7.46. The van der Waals surface area contributed by atoms with Crippen molar-refractivity contribution in [1.29, 1.82) is 0 Å². The van der Waals surface area contributed by atoms with E-state index in [1.807, 2.05) is 0 Å². The van der Waals surface area contributed by atoms with Crippen molar-refractivity contribution in [3.63, 3.8) is 0 Å². The zero-order chi connectivity index (χ0) is 55.1. The molecule has 1 aliphatic heterocycles. The number of rotatable bonds is 19. The summed E-state index contributed by atoms with van der Waals surface area (Å²) in [7, 11) is -1.27. The molecule has 1 saturated heterocycles. The number of ketones is 1. The van der Waals surface area contributed by atoms with Crippen LogP contribution in [0, 0.1) is 22.7 Å². The topological polar surface area (TPSA) is 218 Å². The Kier molecular flexibility index (Phi) is 17.4. The van der Waals surface area contributed by atoms with Crippen molar-refractivity contribution in [3.8, 4) is 0 Å². The number of carbonyl (C=O) groups is 6. The molecule has 1 aromatic carbocycles. The number of hydrogen-bond acceptors (Lipinski definition) is 17. The zero-order valence-electron chi connectivity index (χ0n) is 45.9. The van der Waals surface area contributed by atoms with Crippen molar-refractivity contribution in [2.75, 3.05) is 13.7 Å². The summed E-state index contributed by atoms with van der Waals surface area (Å²) in [5, 5.41) is 19.0. The van der Waals surface area contributed by atoms with Gasteiger partial charge in [0, 0.05) is 37.2 Å². The maximum absolute atomic E-state index is 16.9. The molecule has 19 heteroatoms. The molecular weight excluding hydrogens is 1000 g/mol. The Labute approximate surface area is 446 Å². The van der Waals surface area contributed by atoms with E-state index in [2.05, 4.69) is 26.1 Å². The summed E-state index contributed by atoms with van der Waals surface area (Å²) in [6.45, 7) is 20.5. The van der Waals surface area contributed by atoms with Crippen molar-refractivity contribution >= 4 is 55.4 Å². The first-order valence-electron chi connectivity index (χ1n) is 26.7. The molecule has 414 valence electrons. The number of nitrogens with one attached hydrogen (secondary N) is 1. The van der Waals surface area contributed by atoms with Crippen LogP contribution in [0.25, 0.3) is 0 Å². The average Bonchev–Trinajstić information content (AvgIpc) is 4.11. The van der Waals surface area contributed by atoms with Gasteiger partial charge in [-0.1, -0.05) is 71.7 Å². The van der Waals surface area contributed by atoms with Gasteiger partial charge in [-0.3, -0.25) is 14.4 Å². The lowest BCUT2D eigenvalue weighted by Crippen LogP contribution is -2.82. The van der Waals surface area contributed by atoms with Crippen molar-refractivity contribution in [2.45, 2.75) is 206 Å². The van der Waals surface area contributed by atoms with Crippen molar-refractivity contribution in [2.24, 2.45) is 22.7 Å². The second-order valence-electron chi connectivity index (χ2n) is 22.6. The van der Waals surface area contributed by atoms with Crippen LogP contribution in [0.1, 0.15) is 143 Å². The molecule has 1 amide bonds. The predicted molar refractivity (Wildman–Crippen MR) is 279 cm³/mol. The second-order valence-corrected chi connectivity index (χ2v) is 28.3. The number of esters is 4. The van der Waals surface area contributed by atoms with Gasteiger partial charge < -0.3 is 52.7 Å². The molecule has 75 heavy (non-hydrogen) atoms. The standard InChI is InChI=1S/C56H79NO16SSi/c1-14-75(15-2,16-3)73-39-29-40-55(31-66-40,71-34(7)58)45-47(70-49(61)36-23-18-17-19-24-36)56(64)30-37(33(6)41(52(56,8)9)43(46(59)54(39,45)12)69-48(60)35-25-20-21-26-35)68-50(62)44(72-53(10,11)65-13)42(38-27-22-28-74-38)57-51(63)67-32(4)5/h17-19,22-24,27-28,32,35,37,39-40,42-45,47,64H,14-16,20-21,25-26,29-31H2,1-13H3,(H,57,63)/t37-,39-,40+,42-,43+,44+,45-,47-,54+,55-,56+/m0/s1. The third-order valence-corrected chi connectivity index (χ3v) is 22.9. The highest BCUT2D eigenvalue weighted by Crippen LogP contribution is 2.65. The van der Waals surface area contributed by atoms with Gasteiger partial charge in [-0.2, -0.15) is 0 Å². The average molecular weight is 1080 g/mol. The van der Waals surface area contributed by atoms with Crippen LogP contribution >= 0.6 is 11.3 Å². The number of carbonyl (C=O) groups excluding carboxylic acids is 6. The molecular formula is C56H79NO16SSi.